The molecule has 0 radical (unpaired) electrons. The lowest BCUT2D eigenvalue weighted by Crippen LogP contribution is -2.44. The van der Waals surface area contributed by atoms with E-state index in [0.717, 1.165) is 11.3 Å². The molecule has 0 aliphatic heterocycles. The monoisotopic (exact) mass is 293 g/mol. The van der Waals surface area contributed by atoms with Gasteiger partial charge in [-0.05, 0) is 32.4 Å². The molecule has 0 saturated heterocycles. The third kappa shape index (κ3) is 6.14. The van der Waals surface area contributed by atoms with Crippen molar-refractivity contribution in [2.45, 2.75) is 39.4 Å². The van der Waals surface area contributed by atoms with Crippen LogP contribution < -0.4 is 11.1 Å². The van der Waals surface area contributed by atoms with Crippen LogP contribution in [0.1, 0.15) is 26.3 Å². The van der Waals surface area contributed by atoms with E-state index in [4.69, 9.17) is 10.5 Å². The fourth-order valence-electron chi connectivity index (χ4n) is 2.11. The van der Waals surface area contributed by atoms with Gasteiger partial charge in [-0.15, -0.1) is 0 Å². The van der Waals surface area contributed by atoms with Crippen molar-refractivity contribution in [3.63, 3.8) is 0 Å². The van der Waals surface area contributed by atoms with E-state index >= 15 is 0 Å². The Bertz CT molecular complexity index is 449. The summed E-state index contributed by atoms with van der Waals surface area (Å²) in [5.41, 5.74) is 7.78. The number of carbonyl (C=O) groups is 1. The van der Waals surface area contributed by atoms with Gasteiger partial charge in [0.25, 0.3) is 0 Å². The Labute approximate surface area is 127 Å². The molecule has 0 aliphatic rings. The number of anilines is 1. The summed E-state index contributed by atoms with van der Waals surface area (Å²) in [6.45, 7) is 7.60. The summed E-state index contributed by atoms with van der Waals surface area (Å²) in [6, 6.07) is 8.03. The van der Waals surface area contributed by atoms with E-state index < -0.39 is 0 Å². The number of nitrogens with one attached hydrogen (secondary N) is 1. The number of rotatable bonds is 8. The van der Waals surface area contributed by atoms with Crippen molar-refractivity contribution in [2.24, 2.45) is 0 Å². The summed E-state index contributed by atoms with van der Waals surface area (Å²) in [5, 5.41) is 2.93. The van der Waals surface area contributed by atoms with Crippen LogP contribution in [0.4, 0.5) is 5.69 Å². The van der Waals surface area contributed by atoms with E-state index in [1.807, 2.05) is 31.2 Å². The number of nitrogen functional groups attached to an aromatic ring is 1. The highest BCUT2D eigenvalue weighted by Gasteiger charge is 2.16. The molecule has 0 fully saturated rings. The highest BCUT2D eigenvalue weighted by Crippen LogP contribution is 2.14. The smallest absolute Gasteiger partial charge is 0.234 e. The molecule has 21 heavy (non-hydrogen) atoms. The molecule has 0 saturated carbocycles. The van der Waals surface area contributed by atoms with Crippen LogP contribution in [0.15, 0.2) is 24.3 Å². The number of nitrogens with two attached hydrogens (primary N) is 1. The molecular formula is C16H27N3O2. The molecule has 0 aromatic heterocycles. The molecule has 0 bridgehead atoms. The van der Waals surface area contributed by atoms with Gasteiger partial charge in [-0.2, -0.15) is 0 Å². The summed E-state index contributed by atoms with van der Waals surface area (Å²) in [7, 11) is 1.63. The van der Waals surface area contributed by atoms with Crippen LogP contribution in [-0.4, -0.2) is 43.2 Å². The molecule has 3 N–H and O–H groups in total. The van der Waals surface area contributed by atoms with Gasteiger partial charge >= 0.3 is 0 Å². The van der Waals surface area contributed by atoms with E-state index in [1.165, 1.54) is 0 Å². The SMILES string of the molecule is COCC(C)NC(=O)CN(Cc1ccccc1N)C(C)C. The zero-order chi connectivity index (χ0) is 15.8. The predicted octanol–water partition coefficient (Wildman–Crippen LogP) is 1.63. The lowest BCUT2D eigenvalue weighted by Gasteiger charge is -2.27. The van der Waals surface area contributed by atoms with Crippen LogP contribution in [0.25, 0.3) is 0 Å². The molecule has 118 valence electrons. The molecule has 1 rings (SSSR count). The molecule has 1 aromatic carbocycles. The third-order valence-electron chi connectivity index (χ3n) is 3.33. The molecule has 0 heterocycles. The van der Waals surface area contributed by atoms with E-state index in [1.54, 1.807) is 7.11 Å². The number of para-hydroxylation sites is 1. The van der Waals surface area contributed by atoms with Gasteiger partial charge in [-0.3, -0.25) is 9.69 Å². The number of methoxy groups -OCH3 is 1. The fourth-order valence-corrected chi connectivity index (χ4v) is 2.11. The van der Waals surface area contributed by atoms with Gasteiger partial charge in [0.2, 0.25) is 5.91 Å². The lowest BCUT2D eigenvalue weighted by molar-refractivity contribution is -0.123. The normalized spacial score (nSPS) is 12.7. The molecule has 1 atom stereocenters. The number of ether oxygens (including phenoxy) is 1. The minimum Gasteiger partial charge on any atom is -0.398 e. The average molecular weight is 293 g/mol. The van der Waals surface area contributed by atoms with Gasteiger partial charge in [0.15, 0.2) is 0 Å². The third-order valence-corrected chi connectivity index (χ3v) is 3.33. The van der Waals surface area contributed by atoms with Gasteiger partial charge in [0.1, 0.15) is 0 Å². The topological polar surface area (TPSA) is 67.6 Å². The van der Waals surface area contributed by atoms with Gasteiger partial charge in [0.05, 0.1) is 13.2 Å². The molecular weight excluding hydrogens is 266 g/mol. The summed E-state index contributed by atoms with van der Waals surface area (Å²) in [4.78, 5) is 14.2. The van der Waals surface area contributed by atoms with Crippen LogP contribution in [-0.2, 0) is 16.1 Å². The van der Waals surface area contributed by atoms with E-state index in [2.05, 4.69) is 24.1 Å². The van der Waals surface area contributed by atoms with Crippen molar-refractivity contribution in [3.8, 4) is 0 Å². The maximum absolute atomic E-state index is 12.1. The Morgan fingerprint density at radius 3 is 2.57 bits per heavy atom. The van der Waals surface area contributed by atoms with Gasteiger partial charge < -0.3 is 15.8 Å². The lowest BCUT2D eigenvalue weighted by atomic mass is 10.1. The standard InChI is InChI=1S/C16H27N3O2/c1-12(2)19(9-14-7-5-6-8-15(14)17)10-16(20)18-13(3)11-21-4/h5-8,12-13H,9-11,17H2,1-4H3,(H,18,20). The second-order valence-electron chi connectivity index (χ2n) is 5.62. The Kier molecular flexibility index (Phi) is 7.19. The summed E-state index contributed by atoms with van der Waals surface area (Å²) in [6.07, 6.45) is 0. The fraction of sp³-hybridized carbons (Fsp3) is 0.562. The van der Waals surface area contributed by atoms with E-state index in [-0.39, 0.29) is 18.0 Å². The Hall–Kier alpha value is -1.59. The molecule has 1 aromatic rings. The van der Waals surface area contributed by atoms with Gasteiger partial charge in [-0.1, -0.05) is 18.2 Å². The largest absolute Gasteiger partial charge is 0.398 e. The Morgan fingerprint density at radius 2 is 2.00 bits per heavy atom. The zero-order valence-electron chi connectivity index (χ0n) is 13.4. The van der Waals surface area contributed by atoms with E-state index in [9.17, 15) is 4.79 Å². The number of hydrogen-bond donors (Lipinski definition) is 2. The number of benzene rings is 1. The minimum atomic E-state index is 0.00255. The maximum atomic E-state index is 12.1. The minimum absolute atomic E-state index is 0.00255. The van der Waals surface area contributed by atoms with Crippen molar-refractivity contribution in [3.05, 3.63) is 29.8 Å². The summed E-state index contributed by atoms with van der Waals surface area (Å²) >= 11 is 0. The molecule has 0 aliphatic carbocycles. The zero-order valence-corrected chi connectivity index (χ0v) is 13.4. The summed E-state index contributed by atoms with van der Waals surface area (Å²) in [5.74, 6) is 0.00255. The van der Waals surface area contributed by atoms with Crippen LogP contribution in [0.3, 0.4) is 0 Å². The molecule has 0 spiro atoms. The molecule has 1 amide bonds. The second kappa shape index (κ2) is 8.64. The van der Waals surface area contributed by atoms with Gasteiger partial charge in [-0.25, -0.2) is 0 Å². The van der Waals surface area contributed by atoms with Crippen molar-refractivity contribution in [1.82, 2.24) is 10.2 Å². The number of hydrogen-bond acceptors (Lipinski definition) is 4. The summed E-state index contributed by atoms with van der Waals surface area (Å²) < 4.78 is 5.02. The highest BCUT2D eigenvalue weighted by molar-refractivity contribution is 5.78. The first-order valence-corrected chi connectivity index (χ1v) is 7.29. The van der Waals surface area contributed by atoms with Crippen molar-refractivity contribution in [2.75, 3.05) is 26.0 Å². The van der Waals surface area contributed by atoms with Crippen molar-refractivity contribution >= 4 is 11.6 Å². The first-order chi connectivity index (χ1) is 9.93. The van der Waals surface area contributed by atoms with Crippen LogP contribution >= 0.6 is 0 Å². The number of nitrogens with zero attached hydrogens (tertiary/aromatic N) is 1. The van der Waals surface area contributed by atoms with Crippen LogP contribution in [0, 0.1) is 0 Å². The average Bonchev–Trinajstić information content (AvgIpc) is 2.40. The first-order valence-electron chi connectivity index (χ1n) is 7.29. The molecule has 5 heteroatoms. The maximum Gasteiger partial charge on any atom is 0.234 e. The quantitative estimate of drug-likeness (QED) is 0.715. The van der Waals surface area contributed by atoms with Crippen LogP contribution in [0.5, 0.6) is 0 Å². The number of carbonyl (C=O) groups excluding carboxylic acids is 1. The number of amides is 1. The predicted molar refractivity (Wildman–Crippen MR) is 85.9 cm³/mol. The van der Waals surface area contributed by atoms with Crippen molar-refractivity contribution in [1.29, 1.82) is 0 Å². The van der Waals surface area contributed by atoms with Crippen molar-refractivity contribution < 1.29 is 9.53 Å². The van der Waals surface area contributed by atoms with Crippen LogP contribution in [0.2, 0.25) is 0 Å². The molecule has 1 unspecified atom stereocenters. The Morgan fingerprint density at radius 1 is 1.33 bits per heavy atom. The highest BCUT2D eigenvalue weighted by atomic mass is 16.5. The first kappa shape index (κ1) is 17.5. The van der Waals surface area contributed by atoms with E-state index in [0.29, 0.717) is 19.7 Å². The second-order valence-corrected chi connectivity index (χ2v) is 5.62. The van der Waals surface area contributed by atoms with Gasteiger partial charge in [0, 0.05) is 31.4 Å². The Balaban J connectivity index is 2.62. The molecule has 5 nitrogen and oxygen atoms in total.